The van der Waals surface area contributed by atoms with Crippen LogP contribution in [0.25, 0.3) is 23.1 Å². The monoisotopic (exact) mass is 344 g/mol. The maximum atomic E-state index is 11.0. The number of hydrogen-bond donors (Lipinski definition) is 0. The average Bonchev–Trinajstić information content (AvgIpc) is 2.55. The average molecular weight is 345 g/mol. The Balaban J connectivity index is 2.00. The van der Waals surface area contributed by atoms with E-state index in [1.807, 2.05) is 12.1 Å². The SMILES string of the molecule is O=[N+]([O-])c1cccc2nc(/C=C/c3cccc(Cl)c3Cl)ccc12. The van der Waals surface area contributed by atoms with E-state index in [-0.39, 0.29) is 5.69 Å². The van der Waals surface area contributed by atoms with E-state index in [2.05, 4.69) is 4.98 Å². The van der Waals surface area contributed by atoms with Crippen molar-refractivity contribution in [2.75, 3.05) is 0 Å². The fourth-order valence-electron chi connectivity index (χ4n) is 2.23. The Morgan fingerprint density at radius 2 is 1.78 bits per heavy atom. The molecule has 1 aromatic heterocycles. The number of aromatic nitrogens is 1. The van der Waals surface area contributed by atoms with Crippen molar-refractivity contribution in [1.29, 1.82) is 0 Å². The number of non-ortho nitro benzene ring substituents is 1. The van der Waals surface area contributed by atoms with E-state index in [4.69, 9.17) is 23.2 Å². The molecule has 6 heteroatoms. The van der Waals surface area contributed by atoms with Gasteiger partial charge in [-0.05, 0) is 35.9 Å². The molecule has 0 aliphatic carbocycles. The first-order valence-electron chi connectivity index (χ1n) is 6.72. The van der Waals surface area contributed by atoms with Crippen LogP contribution in [0.2, 0.25) is 10.0 Å². The summed E-state index contributed by atoms with van der Waals surface area (Å²) in [5, 5.41) is 12.5. The van der Waals surface area contributed by atoms with Gasteiger partial charge in [0.15, 0.2) is 0 Å². The number of fused-ring (bicyclic) bond motifs is 1. The van der Waals surface area contributed by atoms with Gasteiger partial charge in [0, 0.05) is 6.07 Å². The third-order valence-corrected chi connectivity index (χ3v) is 4.18. The van der Waals surface area contributed by atoms with Gasteiger partial charge in [-0.25, -0.2) is 4.98 Å². The summed E-state index contributed by atoms with van der Waals surface area (Å²) < 4.78 is 0. The first-order valence-corrected chi connectivity index (χ1v) is 7.48. The molecule has 114 valence electrons. The molecule has 0 radical (unpaired) electrons. The van der Waals surface area contributed by atoms with E-state index in [9.17, 15) is 10.1 Å². The molecule has 0 fully saturated rings. The van der Waals surface area contributed by atoms with E-state index in [1.54, 1.807) is 42.5 Å². The molecule has 0 bridgehead atoms. The van der Waals surface area contributed by atoms with Gasteiger partial charge in [0.25, 0.3) is 5.69 Å². The van der Waals surface area contributed by atoms with Crippen LogP contribution < -0.4 is 0 Å². The summed E-state index contributed by atoms with van der Waals surface area (Å²) in [4.78, 5) is 15.0. The van der Waals surface area contributed by atoms with Crippen LogP contribution >= 0.6 is 23.2 Å². The van der Waals surface area contributed by atoms with Gasteiger partial charge in [-0.1, -0.05) is 47.5 Å². The summed E-state index contributed by atoms with van der Waals surface area (Å²) in [7, 11) is 0. The van der Waals surface area contributed by atoms with Gasteiger partial charge in [0.2, 0.25) is 0 Å². The molecule has 0 aliphatic rings. The minimum atomic E-state index is -0.411. The third kappa shape index (κ3) is 3.18. The van der Waals surface area contributed by atoms with E-state index >= 15 is 0 Å². The summed E-state index contributed by atoms with van der Waals surface area (Å²) in [6, 6.07) is 13.6. The number of nitro groups is 1. The Morgan fingerprint density at radius 3 is 2.57 bits per heavy atom. The summed E-state index contributed by atoms with van der Waals surface area (Å²) >= 11 is 12.1. The Morgan fingerprint density at radius 1 is 1.00 bits per heavy atom. The Hall–Kier alpha value is -2.43. The van der Waals surface area contributed by atoms with Crippen LogP contribution in [0.4, 0.5) is 5.69 Å². The van der Waals surface area contributed by atoms with Gasteiger partial charge in [0.05, 0.1) is 31.6 Å². The Bertz CT molecular complexity index is 939. The van der Waals surface area contributed by atoms with E-state index < -0.39 is 4.92 Å². The second-order valence-electron chi connectivity index (χ2n) is 4.81. The summed E-state index contributed by atoms with van der Waals surface area (Å²) in [6.07, 6.45) is 3.59. The van der Waals surface area contributed by atoms with Crippen molar-refractivity contribution in [2.45, 2.75) is 0 Å². The summed E-state index contributed by atoms with van der Waals surface area (Å²) in [5.41, 5.74) is 2.07. The molecule has 0 aliphatic heterocycles. The molecule has 0 N–H and O–H groups in total. The summed E-state index contributed by atoms with van der Waals surface area (Å²) in [6.45, 7) is 0. The number of halogens is 2. The van der Waals surface area contributed by atoms with Gasteiger partial charge in [-0.3, -0.25) is 10.1 Å². The lowest BCUT2D eigenvalue weighted by atomic mass is 10.1. The molecule has 1 heterocycles. The van der Waals surface area contributed by atoms with E-state index in [1.165, 1.54) is 6.07 Å². The normalized spacial score (nSPS) is 11.2. The smallest absolute Gasteiger partial charge is 0.258 e. The molecule has 0 spiro atoms. The molecule has 0 amide bonds. The molecule has 2 aromatic carbocycles. The van der Waals surface area contributed by atoms with Crippen molar-refractivity contribution in [3.05, 3.63) is 79.9 Å². The van der Waals surface area contributed by atoms with Crippen LogP contribution in [-0.2, 0) is 0 Å². The highest BCUT2D eigenvalue weighted by Gasteiger charge is 2.11. The van der Waals surface area contributed by atoms with Crippen LogP contribution in [0.5, 0.6) is 0 Å². The molecule has 3 aromatic rings. The van der Waals surface area contributed by atoms with Gasteiger partial charge in [-0.2, -0.15) is 0 Å². The lowest BCUT2D eigenvalue weighted by Gasteiger charge is -2.02. The molecule has 0 saturated carbocycles. The van der Waals surface area contributed by atoms with Crippen molar-refractivity contribution in [3.8, 4) is 0 Å². The molecule has 4 nitrogen and oxygen atoms in total. The fourth-order valence-corrected chi connectivity index (χ4v) is 2.60. The highest BCUT2D eigenvalue weighted by atomic mass is 35.5. The molecule has 0 saturated heterocycles. The van der Waals surface area contributed by atoms with Crippen LogP contribution in [-0.4, -0.2) is 9.91 Å². The van der Waals surface area contributed by atoms with Gasteiger partial charge >= 0.3 is 0 Å². The van der Waals surface area contributed by atoms with Gasteiger partial charge in [0.1, 0.15) is 0 Å². The molecule has 23 heavy (non-hydrogen) atoms. The second kappa shape index (κ2) is 6.36. The predicted octanol–water partition coefficient (Wildman–Crippen LogP) is 5.62. The van der Waals surface area contributed by atoms with Crippen molar-refractivity contribution < 1.29 is 4.92 Å². The number of nitro benzene ring substituents is 1. The zero-order chi connectivity index (χ0) is 16.4. The van der Waals surface area contributed by atoms with Crippen LogP contribution in [0.1, 0.15) is 11.3 Å². The fraction of sp³-hybridized carbons (Fsp3) is 0. The molecular weight excluding hydrogens is 335 g/mol. The lowest BCUT2D eigenvalue weighted by molar-refractivity contribution is -0.383. The molecular formula is C17H10Cl2N2O2. The lowest BCUT2D eigenvalue weighted by Crippen LogP contribution is -1.91. The first-order chi connectivity index (χ1) is 11.1. The van der Waals surface area contributed by atoms with Crippen molar-refractivity contribution in [1.82, 2.24) is 4.98 Å². The minimum Gasteiger partial charge on any atom is -0.258 e. The first kappa shape index (κ1) is 15.5. The zero-order valence-corrected chi connectivity index (χ0v) is 13.3. The van der Waals surface area contributed by atoms with Crippen LogP contribution in [0.3, 0.4) is 0 Å². The molecule has 0 atom stereocenters. The Labute approximate surface area is 142 Å². The maximum absolute atomic E-state index is 11.0. The highest BCUT2D eigenvalue weighted by Crippen LogP contribution is 2.28. The number of nitrogens with zero attached hydrogens (tertiary/aromatic N) is 2. The second-order valence-corrected chi connectivity index (χ2v) is 5.60. The van der Waals surface area contributed by atoms with Crippen molar-refractivity contribution in [3.63, 3.8) is 0 Å². The predicted molar refractivity (Wildman–Crippen MR) is 93.8 cm³/mol. The number of benzene rings is 2. The van der Waals surface area contributed by atoms with Crippen LogP contribution in [0.15, 0.2) is 48.5 Å². The highest BCUT2D eigenvalue weighted by molar-refractivity contribution is 6.42. The van der Waals surface area contributed by atoms with E-state index in [0.717, 1.165) is 5.56 Å². The van der Waals surface area contributed by atoms with Crippen molar-refractivity contribution >= 4 is 51.9 Å². The Kier molecular flexibility index (Phi) is 4.28. The van der Waals surface area contributed by atoms with Gasteiger partial charge < -0.3 is 0 Å². The maximum Gasteiger partial charge on any atom is 0.278 e. The number of pyridine rings is 1. The zero-order valence-electron chi connectivity index (χ0n) is 11.7. The standard InChI is InChI=1S/C17H10Cl2N2O2/c18-14-4-1-3-11(17(14)19)7-8-12-9-10-13-15(20-12)5-2-6-16(13)21(22)23/h1-10H/b8-7+. The summed E-state index contributed by atoms with van der Waals surface area (Å²) in [5.74, 6) is 0. The largest absolute Gasteiger partial charge is 0.278 e. The molecule has 0 unspecified atom stereocenters. The topological polar surface area (TPSA) is 56.0 Å². The minimum absolute atomic E-state index is 0.0448. The quantitative estimate of drug-likeness (QED) is 0.457. The van der Waals surface area contributed by atoms with E-state index in [0.29, 0.717) is 26.6 Å². The van der Waals surface area contributed by atoms with Crippen LogP contribution in [0, 0.1) is 10.1 Å². The number of rotatable bonds is 3. The van der Waals surface area contributed by atoms with Crippen molar-refractivity contribution in [2.24, 2.45) is 0 Å². The molecule has 3 rings (SSSR count). The number of hydrogen-bond acceptors (Lipinski definition) is 3. The third-order valence-electron chi connectivity index (χ3n) is 3.34. The van der Waals surface area contributed by atoms with Gasteiger partial charge in [-0.15, -0.1) is 0 Å².